The predicted molar refractivity (Wildman–Crippen MR) is 279 cm³/mol. The van der Waals surface area contributed by atoms with E-state index in [-0.39, 0.29) is 10.8 Å². The predicted octanol–water partition coefficient (Wildman–Crippen LogP) is 18.1. The molecule has 7 rings (SSSR count). The van der Waals surface area contributed by atoms with Crippen LogP contribution in [-0.2, 0) is 10.8 Å². The standard InChI is InChI=1S/C59H60BrN3/c1-12-18-43(13-2)45-25-23-41(4)54(37-45)63(55-38-46(26-24-42(55)5)44-19-15-14-16-20-44)52-22-17-21-49(39-52)61-53-35-40(3)36-56(57(53)60)62(50-31-27-47(28-32-50)58(6,7)8)51-33-29-48(30-34-51)59(9,10)11/h12-39,61H,1-2H2,3-11H3/b43-18+. The van der Waals surface area contributed by atoms with Gasteiger partial charge >= 0.3 is 0 Å². The van der Waals surface area contributed by atoms with Crippen LogP contribution in [0.2, 0.25) is 0 Å². The largest absolute Gasteiger partial charge is 0.354 e. The number of allylic oxidation sites excluding steroid dienone is 4. The highest BCUT2D eigenvalue weighted by Crippen LogP contribution is 2.46. The van der Waals surface area contributed by atoms with Crippen LogP contribution in [-0.4, -0.2) is 0 Å². The fraction of sp³-hybridized carbons (Fsp3) is 0.186. The molecule has 0 heterocycles. The monoisotopic (exact) mass is 889 g/mol. The second-order valence-corrected chi connectivity index (χ2v) is 19.3. The van der Waals surface area contributed by atoms with E-state index in [9.17, 15) is 0 Å². The number of aryl methyl sites for hydroxylation is 3. The topological polar surface area (TPSA) is 18.5 Å². The van der Waals surface area contributed by atoms with Crippen molar-refractivity contribution < 1.29 is 0 Å². The average molecular weight is 891 g/mol. The van der Waals surface area contributed by atoms with Crippen LogP contribution in [0.25, 0.3) is 16.7 Å². The van der Waals surface area contributed by atoms with Gasteiger partial charge in [-0.05, 0) is 164 Å². The maximum Gasteiger partial charge on any atom is 0.0651 e. The van der Waals surface area contributed by atoms with Gasteiger partial charge in [0, 0.05) is 34.1 Å². The molecule has 0 atom stereocenters. The maximum atomic E-state index is 4.14. The minimum atomic E-state index is 0.0464. The second kappa shape index (κ2) is 18.5. The molecule has 318 valence electrons. The molecule has 0 aliphatic rings. The molecular formula is C59H60BrN3. The van der Waals surface area contributed by atoms with Gasteiger partial charge in [0.15, 0.2) is 0 Å². The molecule has 0 saturated heterocycles. The lowest BCUT2D eigenvalue weighted by Gasteiger charge is -2.30. The van der Waals surface area contributed by atoms with Crippen molar-refractivity contribution in [3.63, 3.8) is 0 Å². The molecule has 3 nitrogen and oxygen atoms in total. The van der Waals surface area contributed by atoms with E-state index in [1.165, 1.54) is 22.3 Å². The summed E-state index contributed by atoms with van der Waals surface area (Å²) >= 11 is 4.14. The first-order valence-corrected chi connectivity index (χ1v) is 22.6. The normalized spacial score (nSPS) is 11.9. The summed E-state index contributed by atoms with van der Waals surface area (Å²) in [6.07, 6.45) is 5.72. The Labute approximate surface area is 385 Å². The summed E-state index contributed by atoms with van der Waals surface area (Å²) in [5.41, 5.74) is 19.0. The van der Waals surface area contributed by atoms with Crippen LogP contribution in [0.15, 0.2) is 188 Å². The molecule has 4 heteroatoms. The number of hydrogen-bond acceptors (Lipinski definition) is 3. The number of benzene rings is 7. The highest BCUT2D eigenvalue weighted by Gasteiger charge is 2.23. The number of hydrogen-bond donors (Lipinski definition) is 1. The number of halogens is 1. The van der Waals surface area contributed by atoms with Gasteiger partial charge in [0.2, 0.25) is 0 Å². The zero-order chi connectivity index (χ0) is 45.1. The van der Waals surface area contributed by atoms with Gasteiger partial charge in [0.25, 0.3) is 0 Å². The minimum absolute atomic E-state index is 0.0464. The number of nitrogens with one attached hydrogen (secondary N) is 1. The van der Waals surface area contributed by atoms with Gasteiger partial charge in [-0.25, -0.2) is 0 Å². The summed E-state index contributed by atoms with van der Waals surface area (Å²) in [6.45, 7) is 28.2. The summed E-state index contributed by atoms with van der Waals surface area (Å²) in [5, 5.41) is 3.86. The molecule has 0 fully saturated rings. The molecule has 0 aliphatic carbocycles. The van der Waals surface area contributed by atoms with E-state index in [1.54, 1.807) is 0 Å². The van der Waals surface area contributed by atoms with Gasteiger partial charge in [-0.3, -0.25) is 0 Å². The first kappa shape index (κ1) is 44.7. The molecular weight excluding hydrogens is 831 g/mol. The van der Waals surface area contributed by atoms with Gasteiger partial charge in [-0.15, -0.1) is 0 Å². The van der Waals surface area contributed by atoms with E-state index in [1.807, 2.05) is 18.2 Å². The summed E-state index contributed by atoms with van der Waals surface area (Å²) in [6, 6.07) is 55.2. The molecule has 0 spiro atoms. The lowest BCUT2D eigenvalue weighted by atomic mass is 9.86. The lowest BCUT2D eigenvalue weighted by Crippen LogP contribution is -2.15. The van der Waals surface area contributed by atoms with Gasteiger partial charge in [0.05, 0.1) is 15.8 Å². The molecule has 1 N–H and O–H groups in total. The third-order valence-corrected chi connectivity index (χ3v) is 12.5. The highest BCUT2D eigenvalue weighted by molar-refractivity contribution is 9.10. The van der Waals surface area contributed by atoms with Crippen molar-refractivity contribution in [2.24, 2.45) is 0 Å². The van der Waals surface area contributed by atoms with Crippen LogP contribution in [0.3, 0.4) is 0 Å². The molecule has 0 radical (unpaired) electrons. The Morgan fingerprint density at radius 3 is 1.70 bits per heavy atom. The fourth-order valence-corrected chi connectivity index (χ4v) is 8.54. The third-order valence-electron chi connectivity index (χ3n) is 11.7. The van der Waals surface area contributed by atoms with Crippen LogP contribution >= 0.6 is 15.9 Å². The first-order chi connectivity index (χ1) is 30.0. The number of rotatable bonds is 12. The molecule has 7 aromatic carbocycles. The highest BCUT2D eigenvalue weighted by atomic mass is 79.9. The molecule has 0 amide bonds. The zero-order valence-electron chi connectivity index (χ0n) is 38.4. The second-order valence-electron chi connectivity index (χ2n) is 18.5. The van der Waals surface area contributed by atoms with E-state index in [4.69, 9.17) is 0 Å². The maximum absolute atomic E-state index is 4.14. The third kappa shape index (κ3) is 9.98. The number of anilines is 8. The van der Waals surface area contributed by atoms with E-state index in [0.717, 1.165) is 77.8 Å². The zero-order valence-corrected chi connectivity index (χ0v) is 39.9. The van der Waals surface area contributed by atoms with Gasteiger partial charge in [-0.2, -0.15) is 0 Å². The Hall–Kier alpha value is -6.36. The Morgan fingerprint density at radius 2 is 1.13 bits per heavy atom. The fourth-order valence-electron chi connectivity index (χ4n) is 8.04. The van der Waals surface area contributed by atoms with Crippen LogP contribution in [0, 0.1) is 20.8 Å². The van der Waals surface area contributed by atoms with E-state index >= 15 is 0 Å². The van der Waals surface area contributed by atoms with Crippen molar-refractivity contribution in [3.05, 3.63) is 221 Å². The Kier molecular flexibility index (Phi) is 13.2. The van der Waals surface area contributed by atoms with Crippen molar-refractivity contribution >= 4 is 67.0 Å². The van der Waals surface area contributed by atoms with Crippen molar-refractivity contribution in [1.29, 1.82) is 0 Å². The summed E-state index contributed by atoms with van der Waals surface area (Å²) in [5.74, 6) is 0. The SMILES string of the molecule is C=C/C=C(\C=C)c1ccc(C)c(N(c2cccc(Nc3cc(C)cc(N(c4ccc(C(C)(C)C)cc4)c4ccc(C(C)(C)C)cc4)c3Br)c2)c2cc(-c3ccccc3)ccc2C)c1. The molecule has 0 saturated carbocycles. The van der Waals surface area contributed by atoms with Crippen LogP contribution in [0.1, 0.15) is 74.9 Å². The molecule has 0 aromatic heterocycles. The van der Waals surface area contributed by atoms with Gasteiger partial charge in [-0.1, -0.05) is 158 Å². The smallest absolute Gasteiger partial charge is 0.0651 e. The van der Waals surface area contributed by atoms with Crippen LogP contribution < -0.4 is 15.1 Å². The minimum Gasteiger partial charge on any atom is -0.354 e. The van der Waals surface area contributed by atoms with Crippen LogP contribution in [0.5, 0.6) is 0 Å². The quantitative estimate of drug-likeness (QED) is 0.123. The summed E-state index contributed by atoms with van der Waals surface area (Å²) < 4.78 is 0.969. The molecule has 0 unspecified atom stereocenters. The molecule has 0 aliphatic heterocycles. The Morgan fingerprint density at radius 1 is 0.540 bits per heavy atom. The van der Waals surface area contributed by atoms with E-state index in [2.05, 4.69) is 258 Å². The summed E-state index contributed by atoms with van der Waals surface area (Å²) in [4.78, 5) is 4.75. The molecule has 7 aromatic rings. The Bertz CT molecular complexity index is 2720. The van der Waals surface area contributed by atoms with E-state index in [0.29, 0.717) is 0 Å². The number of nitrogens with zero attached hydrogens (tertiary/aromatic N) is 2. The molecule has 0 bridgehead atoms. The Balaban J connectivity index is 1.36. The van der Waals surface area contributed by atoms with Crippen LogP contribution in [0.4, 0.5) is 45.5 Å². The molecule has 63 heavy (non-hydrogen) atoms. The summed E-state index contributed by atoms with van der Waals surface area (Å²) in [7, 11) is 0. The first-order valence-electron chi connectivity index (χ1n) is 21.8. The van der Waals surface area contributed by atoms with Crippen molar-refractivity contribution in [2.45, 2.75) is 73.1 Å². The van der Waals surface area contributed by atoms with Gasteiger partial charge in [0.1, 0.15) is 0 Å². The van der Waals surface area contributed by atoms with Crippen molar-refractivity contribution in [1.82, 2.24) is 0 Å². The van der Waals surface area contributed by atoms with Crippen molar-refractivity contribution in [2.75, 3.05) is 15.1 Å². The average Bonchev–Trinajstić information content (AvgIpc) is 3.26. The van der Waals surface area contributed by atoms with Gasteiger partial charge < -0.3 is 15.1 Å². The lowest BCUT2D eigenvalue weighted by molar-refractivity contribution is 0.590. The van der Waals surface area contributed by atoms with Crippen molar-refractivity contribution in [3.8, 4) is 11.1 Å². The van der Waals surface area contributed by atoms with E-state index < -0.39 is 0 Å².